The van der Waals surface area contributed by atoms with Gasteiger partial charge in [0.15, 0.2) is 6.10 Å². The molecule has 1 aromatic heterocycles. The second-order valence-electron chi connectivity index (χ2n) is 2.83. The van der Waals surface area contributed by atoms with Gasteiger partial charge in [0, 0.05) is 0 Å². The maximum Gasteiger partial charge on any atom is 0.155 e. The summed E-state index contributed by atoms with van der Waals surface area (Å²) in [6.07, 6.45) is 4.72. The lowest BCUT2D eigenvalue weighted by Crippen LogP contribution is -2.09. The molecule has 0 aliphatic carbocycles. The van der Waals surface area contributed by atoms with Crippen LogP contribution in [0.4, 0.5) is 0 Å². The molecular formula is C8H10N2O2S. The number of ether oxygens (including phenoxy) is 1. The van der Waals surface area contributed by atoms with E-state index in [4.69, 9.17) is 4.74 Å². The van der Waals surface area contributed by atoms with Crippen molar-refractivity contribution < 1.29 is 9.84 Å². The number of hydrogen-bond donors (Lipinski definition) is 1. The van der Waals surface area contributed by atoms with Gasteiger partial charge in [0.25, 0.3) is 0 Å². The van der Waals surface area contributed by atoms with Gasteiger partial charge in [0.05, 0.1) is 24.5 Å². The number of hydrogen-bond acceptors (Lipinski definition) is 5. The molecule has 0 amide bonds. The number of allylic oxidation sites excluding steroid dienone is 1. The molecule has 2 heterocycles. The molecule has 1 aromatic rings. The topological polar surface area (TPSA) is 55.2 Å². The van der Waals surface area contributed by atoms with Gasteiger partial charge in [-0.15, -0.1) is 0 Å². The Morgan fingerprint density at radius 1 is 1.62 bits per heavy atom. The summed E-state index contributed by atoms with van der Waals surface area (Å²) in [5, 5.41) is 9.75. The van der Waals surface area contributed by atoms with E-state index in [0.717, 1.165) is 24.6 Å². The molecule has 2 rings (SSSR count). The van der Waals surface area contributed by atoms with E-state index in [9.17, 15) is 5.11 Å². The predicted octanol–water partition coefficient (Wildman–Crippen LogP) is 1.27. The van der Waals surface area contributed by atoms with E-state index in [0.29, 0.717) is 18.1 Å². The first-order chi connectivity index (χ1) is 6.38. The fraction of sp³-hybridized carbons (Fsp3) is 0.500. The van der Waals surface area contributed by atoms with E-state index in [2.05, 4.69) is 8.75 Å². The largest absolute Gasteiger partial charge is 0.495 e. The minimum Gasteiger partial charge on any atom is -0.495 e. The second kappa shape index (κ2) is 3.85. The SMILES string of the molecule is OC(C1=CCCCO1)c1cnsn1. The van der Waals surface area contributed by atoms with Crippen LogP contribution in [0.5, 0.6) is 0 Å². The molecule has 1 unspecified atom stereocenters. The zero-order valence-corrected chi connectivity index (χ0v) is 7.83. The molecule has 13 heavy (non-hydrogen) atoms. The van der Waals surface area contributed by atoms with Crippen molar-refractivity contribution in [2.24, 2.45) is 0 Å². The summed E-state index contributed by atoms with van der Waals surface area (Å²) in [7, 11) is 0. The van der Waals surface area contributed by atoms with Crippen molar-refractivity contribution in [1.29, 1.82) is 0 Å². The van der Waals surface area contributed by atoms with Gasteiger partial charge in [-0.1, -0.05) is 0 Å². The highest BCUT2D eigenvalue weighted by molar-refractivity contribution is 6.99. The molecule has 70 valence electrons. The standard InChI is InChI=1S/C8H10N2O2S/c11-8(6-5-9-13-10-6)7-3-1-2-4-12-7/h3,5,8,11H,1-2,4H2. The van der Waals surface area contributed by atoms with Crippen molar-refractivity contribution in [2.45, 2.75) is 18.9 Å². The van der Waals surface area contributed by atoms with Gasteiger partial charge in [-0.25, -0.2) is 0 Å². The van der Waals surface area contributed by atoms with Gasteiger partial charge < -0.3 is 9.84 Å². The smallest absolute Gasteiger partial charge is 0.155 e. The number of nitrogens with zero attached hydrogens (tertiary/aromatic N) is 2. The lowest BCUT2D eigenvalue weighted by Gasteiger charge is -2.17. The number of aromatic nitrogens is 2. The van der Waals surface area contributed by atoms with Crippen molar-refractivity contribution in [3.8, 4) is 0 Å². The maximum atomic E-state index is 9.75. The Morgan fingerprint density at radius 3 is 3.15 bits per heavy atom. The highest BCUT2D eigenvalue weighted by Crippen LogP contribution is 2.24. The summed E-state index contributed by atoms with van der Waals surface area (Å²) in [6.45, 7) is 0.681. The van der Waals surface area contributed by atoms with E-state index in [1.54, 1.807) is 6.20 Å². The molecule has 5 heteroatoms. The van der Waals surface area contributed by atoms with Gasteiger partial charge in [-0.05, 0) is 18.9 Å². The number of rotatable bonds is 2. The van der Waals surface area contributed by atoms with Crippen LogP contribution in [-0.2, 0) is 4.74 Å². The normalized spacial score (nSPS) is 19.0. The summed E-state index contributed by atoms with van der Waals surface area (Å²) in [4.78, 5) is 0. The molecule has 1 N–H and O–H groups in total. The Bertz CT molecular complexity index is 297. The Kier molecular flexibility index (Phi) is 2.56. The van der Waals surface area contributed by atoms with E-state index in [1.165, 1.54) is 0 Å². The summed E-state index contributed by atoms with van der Waals surface area (Å²) in [5.74, 6) is 0.610. The third-order valence-corrected chi connectivity index (χ3v) is 2.38. The Balaban J connectivity index is 2.12. The quantitative estimate of drug-likeness (QED) is 0.777. The second-order valence-corrected chi connectivity index (χ2v) is 3.39. The van der Waals surface area contributed by atoms with Gasteiger partial charge >= 0.3 is 0 Å². The third kappa shape index (κ3) is 1.87. The lowest BCUT2D eigenvalue weighted by atomic mass is 10.1. The Morgan fingerprint density at radius 2 is 2.54 bits per heavy atom. The fourth-order valence-electron chi connectivity index (χ4n) is 1.21. The first-order valence-electron chi connectivity index (χ1n) is 4.16. The molecule has 0 bridgehead atoms. The molecule has 4 nitrogen and oxygen atoms in total. The van der Waals surface area contributed by atoms with Crippen LogP contribution in [0.15, 0.2) is 18.0 Å². The van der Waals surface area contributed by atoms with E-state index < -0.39 is 6.10 Å². The fourth-order valence-corrected chi connectivity index (χ4v) is 1.65. The van der Waals surface area contributed by atoms with Crippen LogP contribution in [-0.4, -0.2) is 20.5 Å². The van der Waals surface area contributed by atoms with Gasteiger partial charge in [-0.2, -0.15) is 8.75 Å². The van der Waals surface area contributed by atoms with Crippen molar-refractivity contribution in [2.75, 3.05) is 6.61 Å². The minimum absolute atomic E-state index is 0.568. The number of aliphatic hydroxyl groups is 1. The summed E-state index contributed by atoms with van der Waals surface area (Å²) < 4.78 is 13.1. The van der Waals surface area contributed by atoms with Gasteiger partial charge in [0.2, 0.25) is 0 Å². The highest BCUT2D eigenvalue weighted by Gasteiger charge is 2.18. The summed E-state index contributed by atoms with van der Waals surface area (Å²) in [5.41, 5.74) is 0.568. The minimum atomic E-state index is -0.737. The molecule has 0 fully saturated rings. The monoisotopic (exact) mass is 198 g/mol. The molecule has 1 aliphatic rings. The van der Waals surface area contributed by atoms with Crippen LogP contribution in [0.25, 0.3) is 0 Å². The zero-order chi connectivity index (χ0) is 9.10. The van der Waals surface area contributed by atoms with Crippen LogP contribution in [0, 0.1) is 0 Å². The average molecular weight is 198 g/mol. The molecule has 0 radical (unpaired) electrons. The zero-order valence-electron chi connectivity index (χ0n) is 7.01. The number of aliphatic hydroxyl groups excluding tert-OH is 1. The highest BCUT2D eigenvalue weighted by atomic mass is 32.1. The van der Waals surface area contributed by atoms with Gasteiger partial charge in [0.1, 0.15) is 11.5 Å². The van der Waals surface area contributed by atoms with E-state index in [1.807, 2.05) is 6.08 Å². The molecule has 0 saturated heterocycles. The van der Waals surface area contributed by atoms with E-state index in [-0.39, 0.29) is 0 Å². The van der Waals surface area contributed by atoms with Crippen molar-refractivity contribution >= 4 is 11.7 Å². The molecular weight excluding hydrogens is 188 g/mol. The van der Waals surface area contributed by atoms with Gasteiger partial charge in [-0.3, -0.25) is 0 Å². The van der Waals surface area contributed by atoms with Crippen LogP contribution in [0.2, 0.25) is 0 Å². The molecule has 1 atom stereocenters. The first kappa shape index (κ1) is 8.65. The molecule has 1 aliphatic heterocycles. The Labute approximate surface area is 80.2 Å². The van der Waals surface area contributed by atoms with E-state index >= 15 is 0 Å². The summed E-state index contributed by atoms with van der Waals surface area (Å²) >= 11 is 1.09. The van der Waals surface area contributed by atoms with Crippen LogP contribution >= 0.6 is 11.7 Å². The van der Waals surface area contributed by atoms with Crippen molar-refractivity contribution in [1.82, 2.24) is 8.75 Å². The molecule has 0 spiro atoms. The molecule has 0 saturated carbocycles. The molecule has 0 aromatic carbocycles. The predicted molar refractivity (Wildman–Crippen MR) is 48.1 cm³/mol. The van der Waals surface area contributed by atoms with Crippen LogP contribution in [0.1, 0.15) is 24.6 Å². The van der Waals surface area contributed by atoms with Crippen molar-refractivity contribution in [3.05, 3.63) is 23.7 Å². The van der Waals surface area contributed by atoms with Crippen LogP contribution in [0.3, 0.4) is 0 Å². The summed E-state index contributed by atoms with van der Waals surface area (Å²) in [6, 6.07) is 0. The first-order valence-corrected chi connectivity index (χ1v) is 4.89. The average Bonchev–Trinajstić information content (AvgIpc) is 2.71. The lowest BCUT2D eigenvalue weighted by molar-refractivity contribution is 0.0899. The van der Waals surface area contributed by atoms with Crippen LogP contribution < -0.4 is 0 Å². The third-order valence-electron chi connectivity index (χ3n) is 1.89. The van der Waals surface area contributed by atoms with Crippen molar-refractivity contribution in [3.63, 3.8) is 0 Å². The Hall–Kier alpha value is -0.940. The maximum absolute atomic E-state index is 9.75.